The summed E-state index contributed by atoms with van der Waals surface area (Å²) in [5.41, 5.74) is 8.18. The number of unbranched alkanes of at least 4 members (excludes halogenated alkanes) is 3. The zero-order valence-electron chi connectivity index (χ0n) is 13.5. The highest BCUT2D eigenvalue weighted by molar-refractivity contribution is 5.96. The van der Waals surface area contributed by atoms with E-state index in [9.17, 15) is 4.79 Å². The number of nitrogens with two attached hydrogens (primary N) is 1. The van der Waals surface area contributed by atoms with E-state index in [4.69, 9.17) is 5.73 Å². The van der Waals surface area contributed by atoms with Crippen molar-refractivity contribution in [3.8, 4) is 0 Å². The normalized spacial score (nSPS) is 12.0. The summed E-state index contributed by atoms with van der Waals surface area (Å²) in [6, 6.07) is 5.83. The van der Waals surface area contributed by atoms with Crippen molar-refractivity contribution in [2.45, 2.75) is 58.9 Å². The SMILES string of the molecule is CCCCCCC(C)Nc1ccc(C(=O)NCC)cc1N. The number of amides is 1. The van der Waals surface area contributed by atoms with E-state index in [-0.39, 0.29) is 5.91 Å². The van der Waals surface area contributed by atoms with Crippen LogP contribution in [0.4, 0.5) is 11.4 Å². The van der Waals surface area contributed by atoms with Crippen molar-refractivity contribution >= 4 is 17.3 Å². The molecule has 0 heterocycles. The van der Waals surface area contributed by atoms with Crippen LogP contribution in [0.15, 0.2) is 18.2 Å². The molecule has 0 spiro atoms. The molecule has 1 aromatic carbocycles. The quantitative estimate of drug-likeness (QED) is 0.479. The Morgan fingerprint density at radius 2 is 2.00 bits per heavy atom. The maximum atomic E-state index is 11.7. The molecule has 0 radical (unpaired) electrons. The third kappa shape index (κ3) is 6.06. The molecule has 0 aliphatic rings. The van der Waals surface area contributed by atoms with Crippen LogP contribution in [0.2, 0.25) is 0 Å². The van der Waals surface area contributed by atoms with E-state index in [0.29, 0.717) is 23.8 Å². The molecule has 0 saturated carbocycles. The first-order chi connectivity index (χ1) is 10.1. The van der Waals surface area contributed by atoms with Crippen molar-refractivity contribution < 1.29 is 4.79 Å². The van der Waals surface area contributed by atoms with Gasteiger partial charge in [0.25, 0.3) is 5.91 Å². The lowest BCUT2D eigenvalue weighted by atomic mass is 10.1. The summed E-state index contributed by atoms with van der Waals surface area (Å²) in [6.07, 6.45) is 6.22. The van der Waals surface area contributed by atoms with E-state index < -0.39 is 0 Å². The zero-order chi connectivity index (χ0) is 15.7. The lowest BCUT2D eigenvalue weighted by Gasteiger charge is -2.17. The van der Waals surface area contributed by atoms with E-state index in [1.165, 1.54) is 25.7 Å². The fourth-order valence-electron chi connectivity index (χ4n) is 2.31. The van der Waals surface area contributed by atoms with Crippen molar-refractivity contribution in [3.05, 3.63) is 23.8 Å². The number of hydrogen-bond donors (Lipinski definition) is 3. The summed E-state index contributed by atoms with van der Waals surface area (Å²) < 4.78 is 0. The maximum absolute atomic E-state index is 11.7. The smallest absolute Gasteiger partial charge is 0.251 e. The van der Waals surface area contributed by atoms with Crippen molar-refractivity contribution in [2.75, 3.05) is 17.6 Å². The summed E-state index contributed by atoms with van der Waals surface area (Å²) in [7, 11) is 0. The second-order valence-electron chi connectivity index (χ2n) is 5.56. The molecule has 21 heavy (non-hydrogen) atoms. The number of benzene rings is 1. The molecule has 1 rings (SSSR count). The molecule has 0 aliphatic heterocycles. The van der Waals surface area contributed by atoms with Crippen molar-refractivity contribution in [1.82, 2.24) is 5.32 Å². The summed E-state index contributed by atoms with van der Waals surface area (Å²) in [6.45, 7) is 6.91. The molecule has 0 saturated heterocycles. The fourth-order valence-corrected chi connectivity index (χ4v) is 2.31. The van der Waals surface area contributed by atoms with Gasteiger partial charge in [-0.25, -0.2) is 0 Å². The predicted octanol–water partition coefficient (Wildman–Crippen LogP) is 3.79. The summed E-state index contributed by atoms with van der Waals surface area (Å²) in [5.74, 6) is -0.0802. The van der Waals surface area contributed by atoms with Crippen LogP contribution in [0.3, 0.4) is 0 Å². The largest absolute Gasteiger partial charge is 0.397 e. The maximum Gasteiger partial charge on any atom is 0.251 e. The highest BCUT2D eigenvalue weighted by atomic mass is 16.1. The van der Waals surface area contributed by atoms with Gasteiger partial charge in [0, 0.05) is 18.2 Å². The van der Waals surface area contributed by atoms with Gasteiger partial charge in [-0.3, -0.25) is 4.79 Å². The minimum absolute atomic E-state index is 0.0802. The molecule has 0 aromatic heterocycles. The molecule has 1 unspecified atom stereocenters. The molecule has 4 nitrogen and oxygen atoms in total. The van der Waals surface area contributed by atoms with Crippen LogP contribution < -0.4 is 16.4 Å². The number of nitrogens with one attached hydrogen (secondary N) is 2. The highest BCUT2D eigenvalue weighted by Crippen LogP contribution is 2.22. The van der Waals surface area contributed by atoms with Gasteiger partial charge >= 0.3 is 0 Å². The van der Waals surface area contributed by atoms with Gasteiger partial charge in [0.05, 0.1) is 11.4 Å². The van der Waals surface area contributed by atoms with Crippen LogP contribution in [0.5, 0.6) is 0 Å². The van der Waals surface area contributed by atoms with Crippen LogP contribution in [-0.4, -0.2) is 18.5 Å². The molecule has 4 heteroatoms. The molecule has 0 fully saturated rings. The minimum Gasteiger partial charge on any atom is -0.397 e. The molecule has 1 amide bonds. The first kappa shape index (κ1) is 17.3. The molecule has 4 N–H and O–H groups in total. The van der Waals surface area contributed by atoms with Crippen LogP contribution >= 0.6 is 0 Å². The van der Waals surface area contributed by atoms with Crippen molar-refractivity contribution in [1.29, 1.82) is 0 Å². The number of carbonyl (C=O) groups excluding carboxylic acids is 1. The second-order valence-corrected chi connectivity index (χ2v) is 5.56. The Labute approximate surface area is 128 Å². The summed E-state index contributed by atoms with van der Waals surface area (Å²) in [5, 5.41) is 6.20. The van der Waals surface area contributed by atoms with Gasteiger partial charge in [0.2, 0.25) is 0 Å². The minimum atomic E-state index is -0.0802. The van der Waals surface area contributed by atoms with Gasteiger partial charge in [-0.15, -0.1) is 0 Å². The molecule has 0 aliphatic carbocycles. The van der Waals surface area contributed by atoms with Crippen molar-refractivity contribution in [3.63, 3.8) is 0 Å². The molecule has 118 valence electrons. The zero-order valence-corrected chi connectivity index (χ0v) is 13.5. The van der Waals surface area contributed by atoms with E-state index in [1.807, 2.05) is 19.1 Å². The van der Waals surface area contributed by atoms with Gasteiger partial charge in [0.1, 0.15) is 0 Å². The Morgan fingerprint density at radius 3 is 2.62 bits per heavy atom. The average Bonchev–Trinajstić information content (AvgIpc) is 2.46. The molecule has 0 bridgehead atoms. The van der Waals surface area contributed by atoms with Crippen LogP contribution in [0.25, 0.3) is 0 Å². The standard InChI is InChI=1S/C17H29N3O/c1-4-6-7-8-9-13(3)20-16-11-10-14(12-15(16)18)17(21)19-5-2/h10-13,20H,4-9,18H2,1-3H3,(H,19,21). The summed E-state index contributed by atoms with van der Waals surface area (Å²) in [4.78, 5) is 11.7. The van der Waals surface area contributed by atoms with Crippen LogP contribution in [0, 0.1) is 0 Å². The molecule has 1 aromatic rings. The molecular formula is C17H29N3O. The number of carbonyl (C=O) groups is 1. The predicted molar refractivity (Wildman–Crippen MR) is 90.7 cm³/mol. The molecule has 1 atom stereocenters. The van der Waals surface area contributed by atoms with Crippen molar-refractivity contribution in [2.24, 2.45) is 0 Å². The van der Waals surface area contributed by atoms with E-state index in [1.54, 1.807) is 6.07 Å². The monoisotopic (exact) mass is 291 g/mol. The van der Waals surface area contributed by atoms with Crippen LogP contribution in [0.1, 0.15) is 63.2 Å². The Kier molecular flexibility index (Phi) is 7.65. The lowest BCUT2D eigenvalue weighted by Crippen LogP contribution is -2.23. The Hall–Kier alpha value is -1.71. The third-order valence-corrected chi connectivity index (χ3v) is 3.54. The van der Waals surface area contributed by atoms with E-state index >= 15 is 0 Å². The van der Waals surface area contributed by atoms with Gasteiger partial charge in [-0.2, -0.15) is 0 Å². The first-order valence-corrected chi connectivity index (χ1v) is 8.02. The van der Waals surface area contributed by atoms with Gasteiger partial charge < -0.3 is 16.4 Å². The van der Waals surface area contributed by atoms with E-state index in [0.717, 1.165) is 12.1 Å². The van der Waals surface area contributed by atoms with Gasteiger partial charge in [0.15, 0.2) is 0 Å². The first-order valence-electron chi connectivity index (χ1n) is 8.02. The number of hydrogen-bond acceptors (Lipinski definition) is 3. The third-order valence-electron chi connectivity index (χ3n) is 3.54. The lowest BCUT2D eigenvalue weighted by molar-refractivity contribution is 0.0956. The van der Waals surface area contributed by atoms with Gasteiger partial charge in [-0.05, 0) is 38.5 Å². The Balaban J connectivity index is 2.54. The fraction of sp³-hybridized carbons (Fsp3) is 0.588. The topological polar surface area (TPSA) is 67.2 Å². The summed E-state index contributed by atoms with van der Waals surface area (Å²) >= 11 is 0. The average molecular weight is 291 g/mol. The Morgan fingerprint density at radius 1 is 1.24 bits per heavy atom. The Bertz CT molecular complexity index is 446. The van der Waals surface area contributed by atoms with Crippen LogP contribution in [-0.2, 0) is 0 Å². The number of rotatable bonds is 9. The number of anilines is 2. The number of nitrogen functional groups attached to an aromatic ring is 1. The van der Waals surface area contributed by atoms with E-state index in [2.05, 4.69) is 24.5 Å². The highest BCUT2D eigenvalue weighted by Gasteiger charge is 2.09. The van der Waals surface area contributed by atoms with Gasteiger partial charge in [-0.1, -0.05) is 32.6 Å². The second kappa shape index (κ2) is 9.27. The molecular weight excluding hydrogens is 262 g/mol.